The van der Waals surface area contributed by atoms with E-state index in [1.165, 1.54) is 49.3 Å². The normalized spacial score (nSPS) is 17.9. The fourth-order valence-corrected chi connectivity index (χ4v) is 5.27. The molecule has 1 aromatic heterocycles. The van der Waals surface area contributed by atoms with Crippen molar-refractivity contribution in [3.63, 3.8) is 0 Å². The summed E-state index contributed by atoms with van der Waals surface area (Å²) in [5, 5.41) is 2.39. The molecule has 0 N–H and O–H groups in total. The lowest BCUT2D eigenvalue weighted by atomic mass is 9.83. The molecule has 3 aromatic rings. The van der Waals surface area contributed by atoms with Crippen LogP contribution in [0.15, 0.2) is 54.6 Å². The lowest BCUT2D eigenvalue weighted by molar-refractivity contribution is 0.0719. The number of rotatable bonds is 3. The van der Waals surface area contributed by atoms with Crippen LogP contribution in [-0.2, 0) is 0 Å². The monoisotopic (exact) mass is 398 g/mol. The molecule has 2 aromatic carbocycles. The second-order valence-corrected chi connectivity index (χ2v) is 8.82. The number of likely N-dealkylation sites (tertiary alicyclic amines) is 1. The average Bonchev–Trinajstić information content (AvgIpc) is 2.84. The fraction of sp³-hybridized carbons (Fsp3) is 0.407. The number of hydrogen-bond donors (Lipinski definition) is 0. The Labute approximate surface area is 179 Å². The molecule has 1 amide bonds. The maximum Gasteiger partial charge on any atom is 0.273 e. The molecule has 3 heteroatoms. The quantitative estimate of drug-likeness (QED) is 0.499. The van der Waals surface area contributed by atoms with E-state index in [2.05, 4.69) is 36.4 Å². The molecule has 0 bridgehead atoms. The van der Waals surface area contributed by atoms with E-state index in [1.807, 2.05) is 23.1 Å². The van der Waals surface area contributed by atoms with Gasteiger partial charge in [0.25, 0.3) is 5.91 Å². The second-order valence-electron chi connectivity index (χ2n) is 8.82. The molecule has 1 aliphatic carbocycles. The van der Waals surface area contributed by atoms with Gasteiger partial charge in [-0.1, -0.05) is 73.9 Å². The van der Waals surface area contributed by atoms with Crippen LogP contribution >= 0.6 is 0 Å². The van der Waals surface area contributed by atoms with Gasteiger partial charge in [-0.2, -0.15) is 0 Å². The standard InChI is InChI=1S/C27H30N2O/c30-27(29-18-10-3-11-19-29)26-24(20-12-4-1-5-13-20)22-16-8-9-17-23(22)25(28-26)21-14-6-2-7-15-21/h1,4-5,8-9,12-13,16-17,21H,2-3,6-7,10-11,14-15,18-19H2. The molecular formula is C27H30N2O. The third-order valence-corrected chi connectivity index (χ3v) is 6.84. The molecule has 5 rings (SSSR count). The zero-order valence-corrected chi connectivity index (χ0v) is 17.6. The predicted molar refractivity (Wildman–Crippen MR) is 123 cm³/mol. The van der Waals surface area contributed by atoms with Crippen LogP contribution in [0.25, 0.3) is 21.9 Å². The van der Waals surface area contributed by atoms with E-state index in [0.717, 1.165) is 42.8 Å². The molecule has 3 nitrogen and oxygen atoms in total. The molecule has 2 aliphatic rings. The van der Waals surface area contributed by atoms with E-state index in [9.17, 15) is 4.79 Å². The maximum atomic E-state index is 13.7. The summed E-state index contributed by atoms with van der Waals surface area (Å²) in [6.45, 7) is 1.70. The Hall–Kier alpha value is -2.68. The number of carbonyl (C=O) groups excluding carboxylic acids is 1. The van der Waals surface area contributed by atoms with Crippen molar-refractivity contribution < 1.29 is 4.79 Å². The molecule has 1 saturated heterocycles. The number of aromatic nitrogens is 1. The van der Waals surface area contributed by atoms with Crippen LogP contribution in [0, 0.1) is 0 Å². The van der Waals surface area contributed by atoms with E-state index in [0.29, 0.717) is 11.6 Å². The van der Waals surface area contributed by atoms with Gasteiger partial charge in [0, 0.05) is 30.0 Å². The van der Waals surface area contributed by atoms with Gasteiger partial charge in [0.2, 0.25) is 0 Å². The molecule has 154 valence electrons. The number of benzene rings is 2. The highest BCUT2D eigenvalue weighted by Crippen LogP contribution is 2.40. The van der Waals surface area contributed by atoms with Crippen molar-refractivity contribution in [2.75, 3.05) is 13.1 Å². The Morgan fingerprint density at radius 1 is 0.767 bits per heavy atom. The molecule has 1 aliphatic heterocycles. The van der Waals surface area contributed by atoms with Crippen LogP contribution in [-0.4, -0.2) is 28.9 Å². The van der Waals surface area contributed by atoms with Gasteiger partial charge in [-0.15, -0.1) is 0 Å². The highest BCUT2D eigenvalue weighted by Gasteiger charge is 2.28. The van der Waals surface area contributed by atoms with Gasteiger partial charge in [0.15, 0.2) is 0 Å². The lowest BCUT2D eigenvalue weighted by Gasteiger charge is -2.29. The van der Waals surface area contributed by atoms with Crippen molar-refractivity contribution >= 4 is 16.7 Å². The van der Waals surface area contributed by atoms with Crippen molar-refractivity contribution in [2.24, 2.45) is 0 Å². The first-order chi connectivity index (χ1) is 14.8. The molecule has 2 heterocycles. The minimum Gasteiger partial charge on any atom is -0.337 e. The van der Waals surface area contributed by atoms with Crippen molar-refractivity contribution in [2.45, 2.75) is 57.3 Å². The Bertz CT molecular complexity index is 1030. The Morgan fingerprint density at radius 2 is 1.40 bits per heavy atom. The van der Waals surface area contributed by atoms with Crippen LogP contribution in [0.1, 0.15) is 73.5 Å². The Kier molecular flexibility index (Phi) is 5.52. The highest BCUT2D eigenvalue weighted by atomic mass is 16.2. The summed E-state index contributed by atoms with van der Waals surface area (Å²) in [5.41, 5.74) is 3.88. The molecule has 1 saturated carbocycles. The van der Waals surface area contributed by atoms with Crippen molar-refractivity contribution in [1.29, 1.82) is 0 Å². The van der Waals surface area contributed by atoms with Crippen LogP contribution in [0.5, 0.6) is 0 Å². The molecule has 2 fully saturated rings. The summed E-state index contributed by atoms with van der Waals surface area (Å²) in [6.07, 6.45) is 9.60. The first kappa shape index (κ1) is 19.3. The van der Waals surface area contributed by atoms with Gasteiger partial charge in [-0.25, -0.2) is 4.98 Å². The van der Waals surface area contributed by atoms with Crippen LogP contribution in [0.2, 0.25) is 0 Å². The van der Waals surface area contributed by atoms with Crippen LogP contribution in [0.3, 0.4) is 0 Å². The molecule has 30 heavy (non-hydrogen) atoms. The predicted octanol–water partition coefficient (Wildman–Crippen LogP) is 6.58. The lowest BCUT2D eigenvalue weighted by Crippen LogP contribution is -2.36. The smallest absolute Gasteiger partial charge is 0.273 e. The number of piperidine rings is 1. The molecule has 0 atom stereocenters. The third kappa shape index (κ3) is 3.62. The van der Waals surface area contributed by atoms with E-state index < -0.39 is 0 Å². The topological polar surface area (TPSA) is 33.2 Å². The Balaban J connectivity index is 1.73. The Morgan fingerprint density at radius 3 is 2.13 bits per heavy atom. The number of nitrogens with zero attached hydrogens (tertiary/aromatic N) is 2. The van der Waals surface area contributed by atoms with E-state index >= 15 is 0 Å². The summed E-state index contributed by atoms with van der Waals surface area (Å²) in [4.78, 5) is 20.9. The molecule has 0 unspecified atom stereocenters. The number of pyridine rings is 1. The molecule has 0 spiro atoms. The van der Waals surface area contributed by atoms with Gasteiger partial charge in [0.05, 0.1) is 5.69 Å². The molecular weight excluding hydrogens is 368 g/mol. The zero-order valence-electron chi connectivity index (χ0n) is 17.6. The van der Waals surface area contributed by atoms with Gasteiger partial charge in [-0.3, -0.25) is 4.79 Å². The van der Waals surface area contributed by atoms with Crippen molar-refractivity contribution in [3.8, 4) is 11.1 Å². The highest BCUT2D eigenvalue weighted by molar-refractivity contribution is 6.09. The summed E-state index contributed by atoms with van der Waals surface area (Å²) in [6, 6.07) is 18.9. The van der Waals surface area contributed by atoms with Crippen LogP contribution < -0.4 is 0 Å². The van der Waals surface area contributed by atoms with Crippen molar-refractivity contribution in [3.05, 3.63) is 66.0 Å². The van der Waals surface area contributed by atoms with Gasteiger partial charge in [-0.05, 0) is 43.1 Å². The maximum absolute atomic E-state index is 13.7. The van der Waals surface area contributed by atoms with Gasteiger partial charge < -0.3 is 4.90 Å². The van der Waals surface area contributed by atoms with E-state index in [4.69, 9.17) is 4.98 Å². The average molecular weight is 399 g/mol. The van der Waals surface area contributed by atoms with Crippen molar-refractivity contribution in [1.82, 2.24) is 9.88 Å². The van der Waals surface area contributed by atoms with E-state index in [-0.39, 0.29) is 5.91 Å². The number of carbonyl (C=O) groups is 1. The third-order valence-electron chi connectivity index (χ3n) is 6.84. The minimum absolute atomic E-state index is 0.108. The first-order valence-electron chi connectivity index (χ1n) is 11.6. The first-order valence-corrected chi connectivity index (χ1v) is 11.6. The van der Waals surface area contributed by atoms with E-state index in [1.54, 1.807) is 0 Å². The minimum atomic E-state index is 0.108. The van der Waals surface area contributed by atoms with Gasteiger partial charge in [0.1, 0.15) is 5.69 Å². The fourth-order valence-electron chi connectivity index (χ4n) is 5.27. The largest absolute Gasteiger partial charge is 0.337 e. The SMILES string of the molecule is O=C(c1nc(C2CCCCC2)c2ccccc2c1-c1ccccc1)N1CCCCC1. The summed E-state index contributed by atoms with van der Waals surface area (Å²) >= 11 is 0. The van der Waals surface area contributed by atoms with Gasteiger partial charge >= 0.3 is 0 Å². The summed E-state index contributed by atoms with van der Waals surface area (Å²) in [5.74, 6) is 0.567. The van der Waals surface area contributed by atoms with Crippen LogP contribution in [0.4, 0.5) is 0 Å². The molecule has 0 radical (unpaired) electrons. The second kappa shape index (κ2) is 8.59. The zero-order chi connectivity index (χ0) is 20.3. The number of hydrogen-bond acceptors (Lipinski definition) is 2. The summed E-state index contributed by atoms with van der Waals surface area (Å²) in [7, 11) is 0. The number of amides is 1. The number of fused-ring (bicyclic) bond motifs is 1. The summed E-state index contributed by atoms with van der Waals surface area (Å²) < 4.78 is 0.